The number of amides is 1. The Kier molecular flexibility index (Phi) is 4.45. The van der Waals surface area contributed by atoms with Gasteiger partial charge in [-0.3, -0.25) is 4.79 Å². The predicted molar refractivity (Wildman–Crippen MR) is 109 cm³/mol. The van der Waals surface area contributed by atoms with Gasteiger partial charge in [-0.2, -0.15) is 0 Å². The molecule has 0 radical (unpaired) electrons. The largest absolute Gasteiger partial charge is 0.355 e. The van der Waals surface area contributed by atoms with Gasteiger partial charge in [0.15, 0.2) is 11.6 Å². The topological polar surface area (TPSA) is 73.9 Å². The molecule has 2 N–H and O–H groups in total. The van der Waals surface area contributed by atoms with Crippen LogP contribution in [0.15, 0.2) is 36.8 Å². The Hall–Kier alpha value is -3.03. The SMILES string of the molecule is C[C@@H](NC(=O)C1CCN(c2ncnc3[nH]ccc23)CC12CC2)c1ccc(F)c(F)c1. The number of piperidine rings is 1. The molecule has 1 saturated heterocycles. The second kappa shape index (κ2) is 7.04. The second-order valence-corrected chi connectivity index (χ2v) is 8.47. The van der Waals surface area contributed by atoms with Gasteiger partial charge in [0.25, 0.3) is 0 Å². The van der Waals surface area contributed by atoms with Gasteiger partial charge >= 0.3 is 0 Å². The van der Waals surface area contributed by atoms with Crippen molar-refractivity contribution < 1.29 is 13.6 Å². The Balaban J connectivity index is 1.30. The van der Waals surface area contributed by atoms with Crippen molar-refractivity contribution in [3.8, 4) is 0 Å². The Morgan fingerprint density at radius 3 is 2.87 bits per heavy atom. The van der Waals surface area contributed by atoms with Crippen LogP contribution >= 0.6 is 0 Å². The molecule has 2 aliphatic rings. The van der Waals surface area contributed by atoms with Crippen molar-refractivity contribution in [2.45, 2.75) is 32.2 Å². The lowest BCUT2D eigenvalue weighted by Crippen LogP contribution is -2.48. The van der Waals surface area contributed by atoms with E-state index in [9.17, 15) is 13.6 Å². The zero-order valence-corrected chi connectivity index (χ0v) is 16.7. The number of H-pyrrole nitrogens is 1. The van der Waals surface area contributed by atoms with E-state index in [1.165, 1.54) is 6.07 Å². The summed E-state index contributed by atoms with van der Waals surface area (Å²) < 4.78 is 26.8. The van der Waals surface area contributed by atoms with Crippen LogP contribution in [0.2, 0.25) is 0 Å². The van der Waals surface area contributed by atoms with Gasteiger partial charge < -0.3 is 15.2 Å². The normalized spacial score (nSPS) is 21.0. The lowest BCUT2D eigenvalue weighted by molar-refractivity contribution is -0.128. The molecule has 1 amide bonds. The Morgan fingerprint density at radius 2 is 2.10 bits per heavy atom. The number of hydrogen-bond donors (Lipinski definition) is 2. The number of aromatic amines is 1. The van der Waals surface area contributed by atoms with Crippen LogP contribution in [0.25, 0.3) is 11.0 Å². The van der Waals surface area contributed by atoms with Gasteiger partial charge in [-0.1, -0.05) is 6.07 Å². The molecule has 30 heavy (non-hydrogen) atoms. The van der Waals surface area contributed by atoms with E-state index in [0.717, 1.165) is 61.3 Å². The number of hydrogen-bond acceptors (Lipinski definition) is 4. The van der Waals surface area contributed by atoms with Gasteiger partial charge in [0, 0.05) is 25.2 Å². The molecule has 3 heterocycles. The van der Waals surface area contributed by atoms with Crippen molar-refractivity contribution in [1.29, 1.82) is 0 Å². The number of carbonyl (C=O) groups excluding carboxylic acids is 1. The molecule has 6 nitrogen and oxygen atoms in total. The first kappa shape index (κ1) is 19.0. The van der Waals surface area contributed by atoms with Crippen LogP contribution in [0.5, 0.6) is 0 Å². The van der Waals surface area contributed by atoms with E-state index in [0.29, 0.717) is 5.56 Å². The summed E-state index contributed by atoms with van der Waals surface area (Å²) >= 11 is 0. The number of nitrogens with one attached hydrogen (secondary N) is 2. The molecule has 3 aromatic rings. The Labute approximate surface area is 172 Å². The lowest BCUT2D eigenvalue weighted by Gasteiger charge is -2.39. The molecule has 1 spiro atoms. The summed E-state index contributed by atoms with van der Waals surface area (Å²) in [5, 5.41) is 4.00. The van der Waals surface area contributed by atoms with Crippen molar-refractivity contribution in [2.75, 3.05) is 18.0 Å². The van der Waals surface area contributed by atoms with Crippen LogP contribution in [-0.4, -0.2) is 33.9 Å². The van der Waals surface area contributed by atoms with Gasteiger partial charge in [-0.15, -0.1) is 0 Å². The molecule has 2 fully saturated rings. The number of carbonyl (C=O) groups is 1. The molecular formula is C22H23F2N5O. The van der Waals surface area contributed by atoms with E-state index >= 15 is 0 Å². The maximum absolute atomic E-state index is 13.6. The number of halogens is 2. The van der Waals surface area contributed by atoms with Crippen molar-refractivity contribution in [3.05, 3.63) is 54.0 Å². The highest BCUT2D eigenvalue weighted by atomic mass is 19.2. The first-order chi connectivity index (χ1) is 14.5. The summed E-state index contributed by atoms with van der Waals surface area (Å²) in [6.07, 6.45) is 6.16. The van der Waals surface area contributed by atoms with Gasteiger partial charge in [0.2, 0.25) is 5.91 Å². The van der Waals surface area contributed by atoms with Gasteiger partial charge in [0.05, 0.1) is 11.4 Å². The Bertz CT molecular complexity index is 1110. The second-order valence-electron chi connectivity index (χ2n) is 8.47. The summed E-state index contributed by atoms with van der Waals surface area (Å²) in [4.78, 5) is 27.2. The van der Waals surface area contributed by atoms with Crippen LogP contribution in [0, 0.1) is 23.0 Å². The van der Waals surface area contributed by atoms with Gasteiger partial charge in [-0.05, 0) is 55.4 Å². The molecule has 5 rings (SSSR count). The lowest BCUT2D eigenvalue weighted by atomic mass is 9.81. The molecule has 1 aromatic carbocycles. The average Bonchev–Trinajstić information content (AvgIpc) is 3.31. The zero-order chi connectivity index (χ0) is 20.9. The number of aromatic nitrogens is 3. The van der Waals surface area contributed by atoms with E-state index in [2.05, 4.69) is 25.2 Å². The summed E-state index contributed by atoms with van der Waals surface area (Å²) in [6, 6.07) is 5.34. The molecule has 2 aromatic heterocycles. The third-order valence-electron chi connectivity index (χ3n) is 6.58. The third-order valence-corrected chi connectivity index (χ3v) is 6.58. The van der Waals surface area contributed by atoms with Crippen LogP contribution < -0.4 is 10.2 Å². The van der Waals surface area contributed by atoms with E-state index in [4.69, 9.17) is 0 Å². The molecule has 1 aliphatic carbocycles. The Morgan fingerprint density at radius 1 is 1.27 bits per heavy atom. The summed E-state index contributed by atoms with van der Waals surface area (Å²) in [6.45, 7) is 3.31. The summed E-state index contributed by atoms with van der Waals surface area (Å²) in [5.74, 6) is -0.991. The first-order valence-electron chi connectivity index (χ1n) is 10.3. The minimum Gasteiger partial charge on any atom is -0.355 e. The highest BCUT2D eigenvalue weighted by Gasteiger charge is 2.55. The minimum atomic E-state index is -0.901. The fraction of sp³-hybridized carbons (Fsp3) is 0.409. The molecule has 1 aliphatic heterocycles. The van der Waals surface area contributed by atoms with E-state index in [1.54, 1.807) is 13.3 Å². The van der Waals surface area contributed by atoms with Crippen molar-refractivity contribution >= 4 is 22.8 Å². The van der Waals surface area contributed by atoms with Gasteiger partial charge in [-0.25, -0.2) is 18.7 Å². The maximum atomic E-state index is 13.6. The minimum absolute atomic E-state index is 0.0149. The predicted octanol–water partition coefficient (Wildman–Crippen LogP) is 3.72. The molecule has 8 heteroatoms. The summed E-state index contributed by atoms with van der Waals surface area (Å²) in [5.41, 5.74) is 1.31. The van der Waals surface area contributed by atoms with Crippen molar-refractivity contribution in [1.82, 2.24) is 20.3 Å². The highest BCUT2D eigenvalue weighted by Crippen LogP contribution is 2.56. The average molecular weight is 411 g/mol. The zero-order valence-electron chi connectivity index (χ0n) is 16.7. The quantitative estimate of drug-likeness (QED) is 0.686. The maximum Gasteiger partial charge on any atom is 0.224 e. The molecule has 156 valence electrons. The molecule has 0 bridgehead atoms. The monoisotopic (exact) mass is 411 g/mol. The number of nitrogens with zero attached hydrogens (tertiary/aromatic N) is 3. The number of rotatable bonds is 4. The van der Waals surface area contributed by atoms with Crippen LogP contribution in [-0.2, 0) is 4.79 Å². The van der Waals surface area contributed by atoms with Crippen LogP contribution in [0.4, 0.5) is 14.6 Å². The molecule has 1 unspecified atom stereocenters. The van der Waals surface area contributed by atoms with Crippen molar-refractivity contribution in [2.24, 2.45) is 11.3 Å². The van der Waals surface area contributed by atoms with E-state index < -0.39 is 11.6 Å². The van der Waals surface area contributed by atoms with E-state index in [-0.39, 0.29) is 23.3 Å². The standard InChI is InChI=1S/C22H23F2N5O/c1-13(14-2-3-17(23)18(24)10-14)28-21(30)16-5-9-29(11-22(16)6-7-22)20-15-4-8-25-19(15)26-12-27-20/h2-4,8,10,12-13,16H,5-7,9,11H2,1H3,(H,28,30)(H,25,26,27)/t13-,16?/m1/s1. The number of fused-ring (bicyclic) bond motifs is 1. The fourth-order valence-electron chi connectivity index (χ4n) is 4.71. The smallest absolute Gasteiger partial charge is 0.224 e. The highest BCUT2D eigenvalue weighted by molar-refractivity contribution is 5.88. The molecule has 2 atom stereocenters. The first-order valence-corrected chi connectivity index (χ1v) is 10.3. The van der Waals surface area contributed by atoms with E-state index in [1.807, 2.05) is 12.3 Å². The van der Waals surface area contributed by atoms with Crippen molar-refractivity contribution in [3.63, 3.8) is 0 Å². The van der Waals surface area contributed by atoms with Crippen LogP contribution in [0.1, 0.15) is 37.8 Å². The number of anilines is 1. The molecule has 1 saturated carbocycles. The fourth-order valence-corrected chi connectivity index (χ4v) is 4.71. The van der Waals surface area contributed by atoms with Gasteiger partial charge in [0.1, 0.15) is 17.8 Å². The number of benzene rings is 1. The third kappa shape index (κ3) is 3.20. The van der Waals surface area contributed by atoms with Crippen LogP contribution in [0.3, 0.4) is 0 Å². The summed E-state index contributed by atoms with van der Waals surface area (Å²) in [7, 11) is 0. The molecular weight excluding hydrogens is 388 g/mol.